The van der Waals surface area contributed by atoms with Crippen LogP contribution in [0.25, 0.3) is 0 Å². The second-order valence-corrected chi connectivity index (χ2v) is 6.92. The van der Waals surface area contributed by atoms with E-state index in [-0.39, 0.29) is 18.6 Å². The summed E-state index contributed by atoms with van der Waals surface area (Å²) in [4.78, 5) is 45.4. The minimum Gasteiger partial charge on any atom is -0.480 e. The van der Waals surface area contributed by atoms with Crippen LogP contribution >= 0.6 is 0 Å². The topological polar surface area (TPSA) is 188 Å². The molecule has 12 heteroatoms. The Hall–Kier alpha value is -2.99. The standard InChI is InChI=1S/C16H22N4O7S/c17-11(16(25)26)6-7-13(21)19-12(15(24)18-8-14(22)23)9-28(27)20-10-4-2-1-3-5-10/h1-5,11-12,20H,6-9,17H2,(H,18,24)(H,19,21)(H,22,23)(H,25,26)/t11-,12-,28?/m0/s1. The van der Waals surface area contributed by atoms with E-state index in [9.17, 15) is 23.4 Å². The van der Waals surface area contributed by atoms with Crippen molar-refractivity contribution < 1.29 is 33.6 Å². The number of nitrogens with two attached hydrogens (primary N) is 1. The Morgan fingerprint density at radius 1 is 1.11 bits per heavy atom. The number of carboxylic acid groups (broad SMARTS) is 2. The number of rotatable bonds is 12. The van der Waals surface area contributed by atoms with E-state index in [2.05, 4.69) is 15.4 Å². The SMILES string of the molecule is N[C@@H](CCC(=O)N[C@@H](CS(=O)Nc1ccccc1)C(=O)NCC(=O)O)C(=O)O. The van der Waals surface area contributed by atoms with Crippen LogP contribution in [0.15, 0.2) is 30.3 Å². The molecular weight excluding hydrogens is 392 g/mol. The number of carbonyl (C=O) groups is 4. The molecule has 1 aromatic carbocycles. The normalized spacial score (nSPS) is 13.6. The van der Waals surface area contributed by atoms with Crippen molar-refractivity contribution in [2.24, 2.45) is 5.73 Å². The number of para-hydroxylation sites is 1. The second-order valence-electron chi connectivity index (χ2n) is 5.70. The molecule has 0 saturated heterocycles. The van der Waals surface area contributed by atoms with E-state index in [4.69, 9.17) is 15.9 Å². The van der Waals surface area contributed by atoms with E-state index in [1.165, 1.54) is 0 Å². The minimum atomic E-state index is -1.76. The van der Waals surface area contributed by atoms with Crippen molar-refractivity contribution in [1.82, 2.24) is 10.6 Å². The van der Waals surface area contributed by atoms with Crippen LogP contribution in [0.2, 0.25) is 0 Å². The maximum absolute atomic E-state index is 12.3. The molecule has 0 saturated carbocycles. The number of benzene rings is 1. The molecule has 0 bridgehead atoms. The van der Waals surface area contributed by atoms with Gasteiger partial charge in [0.15, 0.2) is 0 Å². The zero-order chi connectivity index (χ0) is 21.1. The fourth-order valence-electron chi connectivity index (χ4n) is 1.98. The maximum Gasteiger partial charge on any atom is 0.322 e. The molecule has 0 aliphatic rings. The first kappa shape index (κ1) is 23.0. The molecule has 154 valence electrons. The van der Waals surface area contributed by atoms with E-state index in [0.717, 1.165) is 0 Å². The predicted octanol–water partition coefficient (Wildman–Crippen LogP) is -1.36. The molecular formula is C16H22N4O7S. The van der Waals surface area contributed by atoms with Crippen LogP contribution in [-0.2, 0) is 30.2 Å². The molecule has 28 heavy (non-hydrogen) atoms. The van der Waals surface area contributed by atoms with E-state index >= 15 is 0 Å². The lowest BCUT2D eigenvalue weighted by Gasteiger charge is -2.18. The monoisotopic (exact) mass is 414 g/mol. The highest BCUT2D eigenvalue weighted by Crippen LogP contribution is 2.07. The van der Waals surface area contributed by atoms with Gasteiger partial charge in [-0.25, -0.2) is 4.21 Å². The molecule has 0 fully saturated rings. The van der Waals surface area contributed by atoms with Gasteiger partial charge in [0, 0.05) is 12.1 Å². The summed E-state index contributed by atoms with van der Waals surface area (Å²) >= 11 is 0. The van der Waals surface area contributed by atoms with Gasteiger partial charge in [0.25, 0.3) is 0 Å². The molecule has 3 atom stereocenters. The van der Waals surface area contributed by atoms with Crippen molar-refractivity contribution in [1.29, 1.82) is 0 Å². The molecule has 1 aromatic rings. The van der Waals surface area contributed by atoms with Gasteiger partial charge in [-0.1, -0.05) is 18.2 Å². The van der Waals surface area contributed by atoms with Crippen LogP contribution < -0.4 is 21.1 Å². The molecule has 0 aliphatic carbocycles. The Labute approximate surface area is 163 Å². The lowest BCUT2D eigenvalue weighted by molar-refractivity contribution is -0.139. The third-order valence-corrected chi connectivity index (χ3v) is 4.49. The first-order chi connectivity index (χ1) is 13.2. The Bertz CT molecular complexity index is 729. The van der Waals surface area contributed by atoms with Gasteiger partial charge < -0.3 is 31.3 Å². The van der Waals surface area contributed by atoms with Crippen LogP contribution in [0.5, 0.6) is 0 Å². The first-order valence-corrected chi connectivity index (χ1v) is 9.48. The number of hydrogen-bond donors (Lipinski definition) is 6. The third kappa shape index (κ3) is 9.09. The Morgan fingerprint density at radius 2 is 1.75 bits per heavy atom. The quantitative estimate of drug-likeness (QED) is 0.242. The summed E-state index contributed by atoms with van der Waals surface area (Å²) in [6, 6.07) is 5.97. The van der Waals surface area contributed by atoms with Crippen molar-refractivity contribution in [3.63, 3.8) is 0 Å². The van der Waals surface area contributed by atoms with Crippen molar-refractivity contribution in [3.05, 3.63) is 30.3 Å². The molecule has 1 unspecified atom stereocenters. The largest absolute Gasteiger partial charge is 0.480 e. The van der Waals surface area contributed by atoms with Gasteiger partial charge >= 0.3 is 11.9 Å². The summed E-state index contributed by atoms with van der Waals surface area (Å²) in [5.41, 5.74) is 5.85. The summed E-state index contributed by atoms with van der Waals surface area (Å²) < 4.78 is 14.9. The van der Waals surface area contributed by atoms with Crippen molar-refractivity contribution in [3.8, 4) is 0 Å². The summed E-state index contributed by atoms with van der Waals surface area (Å²) in [5.74, 6) is -4.40. The average Bonchev–Trinajstić information content (AvgIpc) is 2.64. The Balaban J connectivity index is 2.70. The first-order valence-electron chi connectivity index (χ1n) is 8.16. The second kappa shape index (κ2) is 11.7. The minimum absolute atomic E-state index is 0.157. The average molecular weight is 414 g/mol. The highest BCUT2D eigenvalue weighted by atomic mass is 32.2. The van der Waals surface area contributed by atoms with Crippen LogP contribution in [0, 0.1) is 0 Å². The molecule has 0 radical (unpaired) electrons. The van der Waals surface area contributed by atoms with E-state index in [1.807, 2.05) is 0 Å². The van der Waals surface area contributed by atoms with Crippen LogP contribution in [0.1, 0.15) is 12.8 Å². The number of carbonyl (C=O) groups excluding carboxylic acids is 2. The van der Waals surface area contributed by atoms with Gasteiger partial charge in [-0.05, 0) is 18.6 Å². The summed E-state index contributed by atoms with van der Waals surface area (Å²) in [7, 11) is -1.76. The highest BCUT2D eigenvalue weighted by molar-refractivity contribution is 7.86. The van der Waals surface area contributed by atoms with E-state index in [1.54, 1.807) is 30.3 Å². The maximum atomic E-state index is 12.3. The summed E-state index contributed by atoms with van der Waals surface area (Å²) in [6.45, 7) is -0.673. The van der Waals surface area contributed by atoms with Gasteiger partial charge in [-0.3, -0.25) is 19.2 Å². The number of nitrogens with one attached hydrogen (secondary N) is 3. The van der Waals surface area contributed by atoms with Crippen molar-refractivity contribution in [2.75, 3.05) is 17.0 Å². The van der Waals surface area contributed by atoms with Crippen molar-refractivity contribution >= 4 is 40.4 Å². The van der Waals surface area contributed by atoms with Crippen LogP contribution in [0.4, 0.5) is 5.69 Å². The summed E-state index contributed by atoms with van der Waals surface area (Å²) in [6.07, 6.45) is -0.426. The molecule has 11 nitrogen and oxygen atoms in total. The summed E-state index contributed by atoms with van der Waals surface area (Å²) in [5, 5.41) is 21.8. The van der Waals surface area contributed by atoms with E-state index in [0.29, 0.717) is 5.69 Å². The van der Waals surface area contributed by atoms with E-state index < -0.39 is 53.4 Å². The third-order valence-electron chi connectivity index (χ3n) is 3.39. The molecule has 1 rings (SSSR count). The van der Waals surface area contributed by atoms with Gasteiger partial charge in [-0.15, -0.1) is 0 Å². The van der Waals surface area contributed by atoms with Crippen LogP contribution in [-0.4, -0.2) is 62.6 Å². The molecule has 0 spiro atoms. The highest BCUT2D eigenvalue weighted by Gasteiger charge is 2.24. The Kier molecular flexibility index (Phi) is 9.60. The Morgan fingerprint density at radius 3 is 2.32 bits per heavy atom. The fourth-order valence-corrected chi connectivity index (χ4v) is 3.00. The fraction of sp³-hybridized carbons (Fsp3) is 0.375. The zero-order valence-corrected chi connectivity index (χ0v) is 15.6. The number of anilines is 1. The smallest absolute Gasteiger partial charge is 0.322 e. The lowest BCUT2D eigenvalue weighted by atomic mass is 10.1. The molecule has 2 amide bonds. The predicted molar refractivity (Wildman–Crippen MR) is 100 cm³/mol. The van der Waals surface area contributed by atoms with Gasteiger partial charge in [0.2, 0.25) is 11.8 Å². The van der Waals surface area contributed by atoms with Gasteiger partial charge in [0.1, 0.15) is 29.6 Å². The lowest BCUT2D eigenvalue weighted by Crippen LogP contribution is -2.51. The zero-order valence-electron chi connectivity index (χ0n) is 14.8. The number of hydrogen-bond acceptors (Lipinski definition) is 6. The molecule has 7 N–H and O–H groups in total. The molecule has 0 aliphatic heterocycles. The number of aliphatic carboxylic acids is 2. The van der Waals surface area contributed by atoms with Gasteiger partial charge in [-0.2, -0.15) is 0 Å². The number of amides is 2. The molecule has 0 aromatic heterocycles. The van der Waals surface area contributed by atoms with Crippen LogP contribution in [0.3, 0.4) is 0 Å². The van der Waals surface area contributed by atoms with Gasteiger partial charge in [0.05, 0.1) is 5.75 Å². The van der Waals surface area contributed by atoms with Crippen molar-refractivity contribution in [2.45, 2.75) is 24.9 Å². The molecule has 0 heterocycles. The number of carboxylic acids is 2.